The molecule has 202 valence electrons. The van der Waals surface area contributed by atoms with Crippen molar-refractivity contribution in [1.82, 2.24) is 9.47 Å². The number of benzene rings is 1. The first-order valence-electron chi connectivity index (χ1n) is 14.2. The number of hydrogen-bond acceptors (Lipinski definition) is 5. The lowest BCUT2D eigenvalue weighted by atomic mass is 9.94. The minimum atomic E-state index is -0.320. The van der Waals surface area contributed by atoms with Crippen LogP contribution in [0.1, 0.15) is 98.4 Å². The van der Waals surface area contributed by atoms with Crippen molar-refractivity contribution in [2.75, 3.05) is 6.61 Å². The molecular weight excluding hydrogens is 494 g/mol. The summed E-state index contributed by atoms with van der Waals surface area (Å²) < 4.78 is 7.33. The lowest BCUT2D eigenvalue weighted by Gasteiger charge is -2.31. The van der Waals surface area contributed by atoms with Crippen LogP contribution in [-0.4, -0.2) is 45.2 Å². The Morgan fingerprint density at radius 3 is 2.47 bits per heavy atom. The molecule has 0 bridgehead atoms. The van der Waals surface area contributed by atoms with Gasteiger partial charge in [0.05, 0.1) is 23.1 Å². The van der Waals surface area contributed by atoms with Crippen molar-refractivity contribution < 1.29 is 14.3 Å². The summed E-state index contributed by atoms with van der Waals surface area (Å²) in [5.41, 5.74) is 4.54. The van der Waals surface area contributed by atoms with Gasteiger partial charge in [-0.15, -0.1) is 0 Å². The Bertz CT molecular complexity index is 1250. The van der Waals surface area contributed by atoms with E-state index in [2.05, 4.69) is 24.5 Å². The number of ether oxygens (including phenoxy) is 1. The molecular formula is C31H39N3O3S. The molecule has 0 spiro atoms. The predicted octanol–water partition coefficient (Wildman–Crippen LogP) is 7.21. The van der Waals surface area contributed by atoms with Crippen molar-refractivity contribution in [1.29, 1.82) is 0 Å². The summed E-state index contributed by atoms with van der Waals surface area (Å²) in [5, 5.41) is 0.913. The third-order valence-corrected chi connectivity index (χ3v) is 9.01. The molecule has 1 saturated heterocycles. The zero-order chi connectivity index (χ0) is 26.6. The van der Waals surface area contributed by atoms with E-state index in [-0.39, 0.29) is 17.9 Å². The molecule has 2 saturated carbocycles. The summed E-state index contributed by atoms with van der Waals surface area (Å²) >= 11 is 1.56. The molecule has 0 atom stereocenters. The summed E-state index contributed by atoms with van der Waals surface area (Å²) in [6, 6.07) is 10.2. The molecule has 1 aliphatic heterocycles. The predicted molar refractivity (Wildman–Crippen MR) is 155 cm³/mol. The number of amides is 1. The zero-order valence-electron chi connectivity index (χ0n) is 22.9. The lowest BCUT2D eigenvalue weighted by molar-refractivity contribution is -0.124. The van der Waals surface area contributed by atoms with Crippen molar-refractivity contribution in [3.63, 3.8) is 0 Å². The zero-order valence-corrected chi connectivity index (χ0v) is 23.7. The molecule has 1 aromatic heterocycles. The molecule has 6 nitrogen and oxygen atoms in total. The molecule has 7 heteroatoms. The number of nitrogens with zero attached hydrogens (tertiary/aromatic N) is 3. The van der Waals surface area contributed by atoms with Gasteiger partial charge < -0.3 is 9.30 Å². The van der Waals surface area contributed by atoms with Crippen LogP contribution in [0, 0.1) is 13.8 Å². The van der Waals surface area contributed by atoms with Crippen LogP contribution in [-0.2, 0) is 9.53 Å². The maximum Gasteiger partial charge on any atom is 0.338 e. The monoisotopic (exact) mass is 533 g/mol. The number of amidine groups is 1. The Morgan fingerprint density at radius 1 is 1.05 bits per heavy atom. The second-order valence-electron chi connectivity index (χ2n) is 10.7. The molecule has 5 rings (SSSR count). The SMILES string of the molecule is CCOC(=O)c1cccc(-n2c(C)cc(C=C3SC(=NC4CCCCC4)N(C4CCCCC4)C3=O)c2C)c1. The molecule has 0 unspecified atom stereocenters. The van der Waals surface area contributed by atoms with Crippen LogP contribution in [0.15, 0.2) is 40.2 Å². The van der Waals surface area contributed by atoms with Gasteiger partial charge in [0, 0.05) is 23.1 Å². The van der Waals surface area contributed by atoms with E-state index in [9.17, 15) is 9.59 Å². The topological polar surface area (TPSA) is 63.9 Å². The lowest BCUT2D eigenvalue weighted by Crippen LogP contribution is -2.41. The highest BCUT2D eigenvalue weighted by atomic mass is 32.2. The molecule has 2 aromatic rings. The van der Waals surface area contributed by atoms with Crippen molar-refractivity contribution in [3.05, 3.63) is 57.8 Å². The second-order valence-corrected chi connectivity index (χ2v) is 11.7. The summed E-state index contributed by atoms with van der Waals surface area (Å²) in [7, 11) is 0. The van der Waals surface area contributed by atoms with Crippen LogP contribution in [0.2, 0.25) is 0 Å². The van der Waals surface area contributed by atoms with Gasteiger partial charge in [-0.3, -0.25) is 14.7 Å². The molecule has 2 heterocycles. The Morgan fingerprint density at radius 2 is 1.76 bits per heavy atom. The van der Waals surface area contributed by atoms with Gasteiger partial charge in [0.1, 0.15) is 0 Å². The van der Waals surface area contributed by atoms with E-state index in [1.165, 1.54) is 38.5 Å². The van der Waals surface area contributed by atoms with E-state index in [0.717, 1.165) is 58.4 Å². The maximum absolute atomic E-state index is 13.8. The second kappa shape index (κ2) is 11.9. The van der Waals surface area contributed by atoms with Crippen LogP contribution in [0.25, 0.3) is 11.8 Å². The van der Waals surface area contributed by atoms with Gasteiger partial charge in [-0.25, -0.2) is 4.79 Å². The van der Waals surface area contributed by atoms with Gasteiger partial charge in [-0.2, -0.15) is 0 Å². The molecule has 2 aliphatic carbocycles. The molecule has 0 N–H and O–H groups in total. The molecule has 3 fully saturated rings. The Hall–Kier alpha value is -2.80. The van der Waals surface area contributed by atoms with E-state index < -0.39 is 0 Å². The van der Waals surface area contributed by atoms with Gasteiger partial charge in [0.15, 0.2) is 5.17 Å². The van der Waals surface area contributed by atoms with E-state index in [1.807, 2.05) is 36.1 Å². The van der Waals surface area contributed by atoms with E-state index >= 15 is 0 Å². The highest BCUT2D eigenvalue weighted by Crippen LogP contribution is 2.39. The largest absolute Gasteiger partial charge is 0.462 e. The molecule has 3 aliphatic rings. The highest BCUT2D eigenvalue weighted by Gasteiger charge is 2.39. The minimum absolute atomic E-state index is 0.102. The molecule has 0 radical (unpaired) electrons. The third kappa shape index (κ3) is 5.63. The first-order valence-corrected chi connectivity index (χ1v) is 15.0. The van der Waals surface area contributed by atoms with E-state index in [4.69, 9.17) is 9.73 Å². The van der Waals surface area contributed by atoms with Gasteiger partial charge in [-0.1, -0.05) is 44.6 Å². The average molecular weight is 534 g/mol. The standard InChI is InChI=1S/C31H39N3O3S/c1-4-37-30(36)23-12-11-17-27(19-23)33-21(2)18-24(22(33)3)20-28-29(35)34(26-15-9-6-10-16-26)31(38-28)32-25-13-7-5-8-14-25/h11-12,17-20,25-26H,4-10,13-16H2,1-3H3. The fourth-order valence-corrected chi connectivity index (χ4v) is 7.16. The maximum atomic E-state index is 13.8. The fourth-order valence-electron chi connectivity index (χ4n) is 6.06. The Labute approximate surface area is 230 Å². The number of aryl methyl sites for hydroxylation is 1. The average Bonchev–Trinajstić information content (AvgIpc) is 3.39. The van der Waals surface area contributed by atoms with Crippen molar-refractivity contribution in [2.24, 2.45) is 4.99 Å². The number of hydrogen-bond donors (Lipinski definition) is 0. The summed E-state index contributed by atoms with van der Waals surface area (Å²) in [6.45, 7) is 6.28. The van der Waals surface area contributed by atoms with Crippen LogP contribution in [0.5, 0.6) is 0 Å². The number of aliphatic imine (C=N–C) groups is 1. The summed E-state index contributed by atoms with van der Waals surface area (Å²) in [4.78, 5) is 34.1. The first kappa shape index (κ1) is 26.8. The van der Waals surface area contributed by atoms with Crippen LogP contribution in [0.3, 0.4) is 0 Å². The Kier molecular flexibility index (Phi) is 8.42. The van der Waals surface area contributed by atoms with Crippen molar-refractivity contribution in [2.45, 2.75) is 97.1 Å². The smallest absolute Gasteiger partial charge is 0.338 e. The highest BCUT2D eigenvalue weighted by molar-refractivity contribution is 8.18. The van der Waals surface area contributed by atoms with Crippen LogP contribution < -0.4 is 0 Å². The van der Waals surface area contributed by atoms with Gasteiger partial charge >= 0.3 is 5.97 Å². The number of rotatable bonds is 6. The number of esters is 1. The molecule has 1 amide bonds. The van der Waals surface area contributed by atoms with E-state index in [0.29, 0.717) is 18.2 Å². The Balaban J connectivity index is 1.46. The number of carbonyl (C=O) groups is 2. The van der Waals surface area contributed by atoms with Gasteiger partial charge in [0.2, 0.25) is 0 Å². The van der Waals surface area contributed by atoms with Crippen molar-refractivity contribution in [3.8, 4) is 5.69 Å². The van der Waals surface area contributed by atoms with Gasteiger partial charge in [-0.05, 0) is 94.1 Å². The van der Waals surface area contributed by atoms with Crippen LogP contribution in [0.4, 0.5) is 0 Å². The van der Waals surface area contributed by atoms with Crippen molar-refractivity contribution >= 4 is 34.9 Å². The normalized spacial score (nSPS) is 21.6. The van der Waals surface area contributed by atoms with E-state index in [1.54, 1.807) is 17.8 Å². The quantitative estimate of drug-likeness (QED) is 0.291. The van der Waals surface area contributed by atoms with Gasteiger partial charge in [0.25, 0.3) is 5.91 Å². The summed E-state index contributed by atoms with van der Waals surface area (Å²) in [5.74, 6) is -0.217. The first-order chi connectivity index (χ1) is 18.5. The number of carbonyl (C=O) groups excluding carboxylic acids is 2. The summed E-state index contributed by atoms with van der Waals surface area (Å²) in [6.07, 6.45) is 13.8. The molecule has 38 heavy (non-hydrogen) atoms. The number of aromatic nitrogens is 1. The minimum Gasteiger partial charge on any atom is -0.462 e. The molecule has 1 aromatic carbocycles. The fraction of sp³-hybridized carbons (Fsp3) is 0.516. The van der Waals surface area contributed by atoms with Crippen LogP contribution >= 0.6 is 11.8 Å². The number of thioether (sulfide) groups is 1. The third-order valence-electron chi connectivity index (χ3n) is 8.02.